The molecule has 0 aromatic carbocycles. The molecule has 4 nitrogen and oxygen atoms in total. The second-order valence-electron chi connectivity index (χ2n) is 5.40. The van der Waals surface area contributed by atoms with Gasteiger partial charge >= 0.3 is 0 Å². The number of rotatable bonds is 5. The molecule has 0 aromatic rings. The molecule has 0 aromatic heterocycles. The molecule has 1 aliphatic carbocycles. The lowest BCUT2D eigenvalue weighted by Gasteiger charge is -2.35. The monoisotopic (exact) mass is 323 g/mol. The summed E-state index contributed by atoms with van der Waals surface area (Å²) in [5.41, 5.74) is 0.0469. The van der Waals surface area contributed by atoms with E-state index in [2.05, 4.69) is 12.6 Å². The van der Waals surface area contributed by atoms with Crippen molar-refractivity contribution in [3.05, 3.63) is 0 Å². The topological polar surface area (TPSA) is 54.5 Å². The Bertz CT molecular complexity index is 445. The Morgan fingerprint density at radius 1 is 1.47 bits per heavy atom. The largest absolute Gasteiger partial charge is 0.324 e. The molecule has 7 heteroatoms. The highest BCUT2D eigenvalue weighted by Gasteiger charge is 2.45. The van der Waals surface area contributed by atoms with Crippen LogP contribution in [0.1, 0.15) is 26.2 Å². The van der Waals surface area contributed by atoms with Gasteiger partial charge in [0.1, 0.15) is 5.37 Å². The number of sulfone groups is 1. The Kier molecular flexibility index (Phi) is 4.78. The summed E-state index contributed by atoms with van der Waals surface area (Å²) >= 11 is 5.92. The third kappa shape index (κ3) is 3.42. The third-order valence-electron chi connectivity index (χ3n) is 4.04. The van der Waals surface area contributed by atoms with E-state index < -0.39 is 15.2 Å². The highest BCUT2D eigenvalue weighted by molar-refractivity contribution is 8.01. The van der Waals surface area contributed by atoms with Crippen LogP contribution in [-0.2, 0) is 14.6 Å². The predicted molar refractivity (Wildman–Crippen MR) is 82.4 cm³/mol. The van der Waals surface area contributed by atoms with Crippen molar-refractivity contribution in [3.63, 3.8) is 0 Å². The van der Waals surface area contributed by atoms with Gasteiger partial charge in [0.25, 0.3) is 0 Å². The molecule has 1 amide bonds. The number of carbonyl (C=O) groups excluding carboxylic acids is 1. The van der Waals surface area contributed by atoms with Crippen LogP contribution in [0, 0.1) is 5.41 Å². The Hall–Kier alpha value is 0.120. The zero-order valence-electron chi connectivity index (χ0n) is 11.2. The van der Waals surface area contributed by atoms with E-state index in [1.807, 2.05) is 0 Å². The molecule has 19 heavy (non-hydrogen) atoms. The van der Waals surface area contributed by atoms with Crippen molar-refractivity contribution in [2.75, 3.05) is 29.6 Å². The molecule has 1 aliphatic heterocycles. The molecule has 2 rings (SSSR count). The molecule has 0 spiro atoms. The Balaban J connectivity index is 2.09. The Morgan fingerprint density at radius 2 is 2.16 bits per heavy atom. The molecule has 2 aliphatic rings. The van der Waals surface area contributed by atoms with Crippen LogP contribution in [-0.4, -0.2) is 54.2 Å². The Labute approximate surface area is 125 Å². The van der Waals surface area contributed by atoms with Crippen molar-refractivity contribution in [2.45, 2.75) is 31.6 Å². The zero-order chi connectivity index (χ0) is 14.1. The first-order valence-corrected chi connectivity index (χ1v) is 10.1. The van der Waals surface area contributed by atoms with Crippen LogP contribution in [0.4, 0.5) is 0 Å². The van der Waals surface area contributed by atoms with E-state index in [0.29, 0.717) is 24.5 Å². The van der Waals surface area contributed by atoms with Gasteiger partial charge in [-0.05, 0) is 24.0 Å². The van der Waals surface area contributed by atoms with E-state index in [4.69, 9.17) is 0 Å². The van der Waals surface area contributed by atoms with Gasteiger partial charge in [0.15, 0.2) is 9.84 Å². The maximum Gasteiger partial charge on any atom is 0.224 e. The number of thioether (sulfide) groups is 1. The third-order valence-corrected chi connectivity index (χ3v) is 8.00. The fourth-order valence-electron chi connectivity index (χ4n) is 2.35. The van der Waals surface area contributed by atoms with E-state index in [0.717, 1.165) is 18.6 Å². The van der Waals surface area contributed by atoms with E-state index in [-0.39, 0.29) is 17.1 Å². The van der Waals surface area contributed by atoms with Crippen LogP contribution in [0.3, 0.4) is 0 Å². The summed E-state index contributed by atoms with van der Waals surface area (Å²) in [6.45, 7) is 2.20. The van der Waals surface area contributed by atoms with E-state index >= 15 is 0 Å². The van der Waals surface area contributed by atoms with Crippen molar-refractivity contribution >= 4 is 40.1 Å². The van der Waals surface area contributed by atoms with E-state index in [1.165, 1.54) is 0 Å². The second-order valence-corrected chi connectivity index (χ2v) is 9.32. The molecular weight excluding hydrogens is 302 g/mol. The molecule has 1 atom stereocenters. The first-order valence-electron chi connectivity index (χ1n) is 6.64. The van der Waals surface area contributed by atoms with Gasteiger partial charge in [-0.25, -0.2) is 8.42 Å². The molecule has 110 valence electrons. The minimum Gasteiger partial charge on any atom is -0.324 e. The lowest BCUT2D eigenvalue weighted by atomic mass is 10.0. The number of nitrogens with zero attached hydrogens (tertiary/aromatic N) is 1. The van der Waals surface area contributed by atoms with Crippen molar-refractivity contribution in [1.82, 2.24) is 4.90 Å². The molecular formula is C12H21NO3S3. The van der Waals surface area contributed by atoms with Gasteiger partial charge in [-0.3, -0.25) is 4.79 Å². The smallest absolute Gasteiger partial charge is 0.224 e. The normalized spacial score (nSPS) is 26.2. The maximum absolute atomic E-state index is 12.4. The number of hydrogen-bond acceptors (Lipinski definition) is 5. The van der Waals surface area contributed by atoms with Crippen molar-refractivity contribution < 1.29 is 13.2 Å². The molecule has 1 saturated heterocycles. The SMILES string of the molecule is CCS(=O)(=O)C1CSCCN1C(=O)CC1(CS)CC1. The van der Waals surface area contributed by atoms with E-state index in [1.54, 1.807) is 23.6 Å². The molecule has 1 unspecified atom stereocenters. The summed E-state index contributed by atoms with van der Waals surface area (Å²) in [4.78, 5) is 14.0. The zero-order valence-corrected chi connectivity index (χ0v) is 13.7. The van der Waals surface area contributed by atoms with Gasteiger partial charge in [-0.2, -0.15) is 24.4 Å². The van der Waals surface area contributed by atoms with Gasteiger partial charge in [-0.15, -0.1) is 0 Å². The molecule has 0 N–H and O–H groups in total. The highest BCUT2D eigenvalue weighted by Crippen LogP contribution is 2.50. The number of thiol groups is 1. The summed E-state index contributed by atoms with van der Waals surface area (Å²) in [6.07, 6.45) is 2.53. The number of carbonyl (C=O) groups is 1. The molecule has 2 fully saturated rings. The standard InChI is InChI=1S/C12H21NO3S3/c1-2-19(15,16)11-8-18-6-5-13(11)10(14)7-12(9-17)3-4-12/h11,17H,2-9H2,1H3. The first kappa shape index (κ1) is 15.5. The van der Waals surface area contributed by atoms with Gasteiger partial charge in [0.05, 0.1) is 0 Å². The molecule has 0 radical (unpaired) electrons. The van der Waals surface area contributed by atoms with Gasteiger partial charge in [0, 0.05) is 30.2 Å². The van der Waals surface area contributed by atoms with Gasteiger partial charge in [-0.1, -0.05) is 6.92 Å². The predicted octanol–water partition coefficient (Wildman–Crippen LogP) is 1.42. The van der Waals surface area contributed by atoms with Gasteiger partial charge < -0.3 is 4.90 Å². The summed E-state index contributed by atoms with van der Waals surface area (Å²) in [6, 6.07) is 0. The van der Waals surface area contributed by atoms with Crippen LogP contribution < -0.4 is 0 Å². The number of amides is 1. The quantitative estimate of drug-likeness (QED) is 0.778. The summed E-state index contributed by atoms with van der Waals surface area (Å²) in [5.74, 6) is 2.14. The van der Waals surface area contributed by atoms with Crippen molar-refractivity contribution in [1.29, 1.82) is 0 Å². The summed E-state index contributed by atoms with van der Waals surface area (Å²) in [5, 5.41) is -0.625. The fourth-order valence-corrected chi connectivity index (χ4v) is 5.76. The van der Waals surface area contributed by atoms with Gasteiger partial charge in [0.2, 0.25) is 5.91 Å². The average molecular weight is 324 g/mol. The molecule has 1 saturated carbocycles. The summed E-state index contributed by atoms with van der Waals surface area (Å²) in [7, 11) is -3.19. The van der Waals surface area contributed by atoms with Crippen LogP contribution in [0.5, 0.6) is 0 Å². The maximum atomic E-state index is 12.4. The lowest BCUT2D eigenvalue weighted by molar-refractivity contribution is -0.132. The van der Waals surface area contributed by atoms with Crippen LogP contribution in [0.15, 0.2) is 0 Å². The Morgan fingerprint density at radius 3 is 2.68 bits per heavy atom. The minimum absolute atomic E-state index is 0.00567. The lowest BCUT2D eigenvalue weighted by Crippen LogP contribution is -2.51. The van der Waals surface area contributed by atoms with Crippen LogP contribution in [0.2, 0.25) is 0 Å². The first-order chi connectivity index (χ1) is 8.94. The molecule has 1 heterocycles. The van der Waals surface area contributed by atoms with Crippen molar-refractivity contribution in [2.24, 2.45) is 5.41 Å². The molecule has 0 bridgehead atoms. The van der Waals surface area contributed by atoms with E-state index in [9.17, 15) is 13.2 Å². The second kappa shape index (κ2) is 5.85. The number of hydrogen-bond donors (Lipinski definition) is 1. The van der Waals surface area contributed by atoms with Crippen LogP contribution in [0.25, 0.3) is 0 Å². The van der Waals surface area contributed by atoms with Crippen LogP contribution >= 0.6 is 24.4 Å². The summed E-state index contributed by atoms with van der Waals surface area (Å²) < 4.78 is 24.2. The van der Waals surface area contributed by atoms with Crippen molar-refractivity contribution in [3.8, 4) is 0 Å². The fraction of sp³-hybridized carbons (Fsp3) is 0.917. The minimum atomic E-state index is -3.19. The average Bonchev–Trinajstić information content (AvgIpc) is 3.19. The highest BCUT2D eigenvalue weighted by atomic mass is 32.2.